The molecule has 3 heterocycles. The number of rotatable bonds is 3. The van der Waals surface area contributed by atoms with E-state index in [0.29, 0.717) is 42.0 Å². The van der Waals surface area contributed by atoms with Gasteiger partial charge < -0.3 is 19.7 Å². The van der Waals surface area contributed by atoms with Crippen LogP contribution >= 0.6 is 0 Å². The second kappa shape index (κ2) is 7.19. The van der Waals surface area contributed by atoms with Gasteiger partial charge in [-0.1, -0.05) is 6.92 Å². The topological polar surface area (TPSA) is 76.6 Å². The first-order chi connectivity index (χ1) is 12.7. The van der Waals surface area contributed by atoms with Crippen molar-refractivity contribution >= 4 is 17.4 Å². The highest BCUT2D eigenvalue weighted by Gasteiger charge is 2.19. The van der Waals surface area contributed by atoms with Crippen LogP contribution < -0.4 is 19.7 Å². The van der Waals surface area contributed by atoms with Crippen LogP contribution in [0.1, 0.15) is 30.3 Å². The number of amides is 1. The molecule has 0 aliphatic carbocycles. The Balaban J connectivity index is 1.49. The van der Waals surface area contributed by atoms with E-state index >= 15 is 0 Å². The molecule has 1 atom stereocenters. The number of ether oxygens (including phenoxy) is 2. The Bertz CT molecular complexity index is 811. The number of anilines is 2. The molecule has 1 aromatic heterocycles. The molecule has 7 nitrogen and oxygen atoms in total. The highest BCUT2D eigenvalue weighted by molar-refractivity contribution is 6.03. The van der Waals surface area contributed by atoms with Gasteiger partial charge in [0.1, 0.15) is 31.1 Å². The van der Waals surface area contributed by atoms with Gasteiger partial charge in [-0.2, -0.15) is 0 Å². The summed E-state index contributed by atoms with van der Waals surface area (Å²) in [5.41, 5.74) is 0.995. The average Bonchev–Trinajstić information content (AvgIpc) is 2.68. The molecule has 1 unspecified atom stereocenters. The highest BCUT2D eigenvalue weighted by Crippen LogP contribution is 2.32. The van der Waals surface area contributed by atoms with E-state index in [2.05, 4.69) is 27.1 Å². The molecule has 1 fully saturated rings. The summed E-state index contributed by atoms with van der Waals surface area (Å²) in [5.74, 6) is 2.50. The third-order valence-electron chi connectivity index (χ3n) is 4.67. The second-order valence-corrected chi connectivity index (χ2v) is 6.77. The van der Waals surface area contributed by atoms with Crippen molar-refractivity contribution in [1.82, 2.24) is 9.97 Å². The van der Waals surface area contributed by atoms with E-state index in [1.54, 1.807) is 24.3 Å². The maximum atomic E-state index is 12.6. The number of aromatic nitrogens is 2. The van der Waals surface area contributed by atoms with Gasteiger partial charge in [-0.15, -0.1) is 0 Å². The van der Waals surface area contributed by atoms with E-state index in [1.807, 2.05) is 0 Å². The Morgan fingerprint density at radius 3 is 2.88 bits per heavy atom. The van der Waals surface area contributed by atoms with Crippen LogP contribution in [-0.4, -0.2) is 42.2 Å². The monoisotopic (exact) mass is 354 g/mol. The molecule has 26 heavy (non-hydrogen) atoms. The number of nitrogens with one attached hydrogen (secondary N) is 1. The smallest absolute Gasteiger partial charge is 0.274 e. The Kier molecular flexibility index (Phi) is 4.60. The molecule has 0 bridgehead atoms. The number of piperidine rings is 1. The Morgan fingerprint density at radius 1 is 1.19 bits per heavy atom. The molecule has 0 saturated carbocycles. The van der Waals surface area contributed by atoms with Crippen molar-refractivity contribution in [2.75, 3.05) is 36.5 Å². The van der Waals surface area contributed by atoms with Gasteiger partial charge in [0, 0.05) is 30.9 Å². The Hall–Kier alpha value is -2.83. The molecular weight excluding hydrogens is 332 g/mol. The van der Waals surface area contributed by atoms with E-state index in [1.165, 1.54) is 12.7 Å². The SMILES string of the molecule is CC1CCCN(c2cc(C(=O)Nc3ccc4c(c3)OCCO4)ncn2)C1. The lowest BCUT2D eigenvalue weighted by Gasteiger charge is -2.31. The van der Waals surface area contributed by atoms with E-state index < -0.39 is 0 Å². The Labute approximate surface area is 152 Å². The van der Waals surface area contributed by atoms with Gasteiger partial charge in [-0.05, 0) is 30.9 Å². The fourth-order valence-electron chi connectivity index (χ4n) is 3.36. The van der Waals surface area contributed by atoms with Crippen LogP contribution in [0.25, 0.3) is 0 Å². The zero-order valence-corrected chi connectivity index (χ0v) is 14.8. The first-order valence-corrected chi connectivity index (χ1v) is 8.97. The van der Waals surface area contributed by atoms with Crippen LogP contribution in [0.4, 0.5) is 11.5 Å². The lowest BCUT2D eigenvalue weighted by Crippen LogP contribution is -2.35. The molecular formula is C19H22N4O3. The largest absolute Gasteiger partial charge is 0.486 e. The minimum atomic E-state index is -0.268. The Morgan fingerprint density at radius 2 is 2.04 bits per heavy atom. The fraction of sp³-hybridized carbons (Fsp3) is 0.421. The van der Waals surface area contributed by atoms with Gasteiger partial charge in [-0.25, -0.2) is 9.97 Å². The van der Waals surface area contributed by atoms with E-state index in [9.17, 15) is 4.79 Å². The summed E-state index contributed by atoms with van der Waals surface area (Å²) in [6.45, 7) is 5.21. The summed E-state index contributed by atoms with van der Waals surface area (Å²) in [6.07, 6.45) is 3.83. The molecule has 2 aromatic rings. The number of benzene rings is 1. The molecule has 1 saturated heterocycles. The van der Waals surface area contributed by atoms with Crippen LogP contribution in [0.3, 0.4) is 0 Å². The summed E-state index contributed by atoms with van der Waals surface area (Å²) in [7, 11) is 0. The average molecular weight is 354 g/mol. The van der Waals surface area contributed by atoms with Crippen LogP contribution in [0.5, 0.6) is 11.5 Å². The van der Waals surface area contributed by atoms with Crippen LogP contribution in [0, 0.1) is 5.92 Å². The highest BCUT2D eigenvalue weighted by atomic mass is 16.6. The van der Waals surface area contributed by atoms with Crippen molar-refractivity contribution in [3.8, 4) is 11.5 Å². The molecule has 0 radical (unpaired) electrons. The van der Waals surface area contributed by atoms with Gasteiger partial charge in [-0.3, -0.25) is 4.79 Å². The number of hydrogen-bond acceptors (Lipinski definition) is 6. The summed E-state index contributed by atoms with van der Waals surface area (Å²) >= 11 is 0. The molecule has 1 aromatic carbocycles. The third-order valence-corrected chi connectivity index (χ3v) is 4.67. The number of nitrogens with zero attached hydrogens (tertiary/aromatic N) is 3. The van der Waals surface area contributed by atoms with Gasteiger partial charge in [0.25, 0.3) is 5.91 Å². The van der Waals surface area contributed by atoms with Crippen LogP contribution in [-0.2, 0) is 0 Å². The van der Waals surface area contributed by atoms with Crippen molar-refractivity contribution in [3.63, 3.8) is 0 Å². The van der Waals surface area contributed by atoms with E-state index in [-0.39, 0.29) is 5.91 Å². The molecule has 1 amide bonds. The molecule has 136 valence electrons. The maximum Gasteiger partial charge on any atom is 0.274 e. The minimum absolute atomic E-state index is 0.268. The zero-order valence-electron chi connectivity index (χ0n) is 14.8. The summed E-state index contributed by atoms with van der Waals surface area (Å²) in [5, 5.41) is 2.86. The molecule has 0 spiro atoms. The third kappa shape index (κ3) is 3.56. The van der Waals surface area contributed by atoms with Crippen molar-refractivity contribution in [3.05, 3.63) is 36.3 Å². The first kappa shape index (κ1) is 16.6. The predicted molar refractivity (Wildman–Crippen MR) is 98.0 cm³/mol. The lowest BCUT2D eigenvalue weighted by atomic mass is 10.0. The van der Waals surface area contributed by atoms with Crippen molar-refractivity contribution in [2.24, 2.45) is 5.92 Å². The molecule has 2 aliphatic heterocycles. The number of hydrogen-bond donors (Lipinski definition) is 1. The molecule has 7 heteroatoms. The number of carbonyl (C=O) groups excluding carboxylic acids is 1. The lowest BCUT2D eigenvalue weighted by molar-refractivity contribution is 0.102. The second-order valence-electron chi connectivity index (χ2n) is 6.77. The molecule has 2 aliphatic rings. The van der Waals surface area contributed by atoms with Gasteiger partial charge in [0.15, 0.2) is 11.5 Å². The maximum absolute atomic E-state index is 12.6. The molecule has 1 N–H and O–H groups in total. The molecule has 4 rings (SSSR count). The summed E-state index contributed by atoms with van der Waals surface area (Å²) in [4.78, 5) is 23.3. The first-order valence-electron chi connectivity index (χ1n) is 8.97. The zero-order chi connectivity index (χ0) is 17.9. The number of carbonyl (C=O) groups is 1. The quantitative estimate of drug-likeness (QED) is 0.913. The van der Waals surface area contributed by atoms with Crippen LogP contribution in [0.15, 0.2) is 30.6 Å². The van der Waals surface area contributed by atoms with Crippen molar-refractivity contribution in [2.45, 2.75) is 19.8 Å². The van der Waals surface area contributed by atoms with Gasteiger partial charge in [0.2, 0.25) is 0 Å². The number of fused-ring (bicyclic) bond motifs is 1. The van der Waals surface area contributed by atoms with Gasteiger partial charge in [0.05, 0.1) is 0 Å². The van der Waals surface area contributed by atoms with Crippen LogP contribution in [0.2, 0.25) is 0 Å². The van der Waals surface area contributed by atoms with Gasteiger partial charge >= 0.3 is 0 Å². The predicted octanol–water partition coefficient (Wildman–Crippen LogP) is 2.74. The van der Waals surface area contributed by atoms with E-state index in [4.69, 9.17) is 9.47 Å². The van der Waals surface area contributed by atoms with Crippen molar-refractivity contribution in [1.29, 1.82) is 0 Å². The normalized spacial score (nSPS) is 19.1. The fourth-order valence-corrected chi connectivity index (χ4v) is 3.36. The minimum Gasteiger partial charge on any atom is -0.486 e. The summed E-state index contributed by atoms with van der Waals surface area (Å²) < 4.78 is 11.0. The van der Waals surface area contributed by atoms with Crippen molar-refractivity contribution < 1.29 is 14.3 Å². The summed E-state index contributed by atoms with van der Waals surface area (Å²) in [6, 6.07) is 7.11. The standard InChI is InChI=1S/C19H22N4O3/c1-13-3-2-6-23(11-13)18-10-15(20-12-21-18)19(24)22-14-4-5-16-17(9-14)26-8-7-25-16/h4-5,9-10,12-13H,2-3,6-8,11H2,1H3,(H,22,24). The van der Waals surface area contributed by atoms with E-state index in [0.717, 1.165) is 25.3 Å².